The fourth-order valence-electron chi connectivity index (χ4n) is 2.43. The van der Waals surface area contributed by atoms with Gasteiger partial charge in [0.25, 0.3) is 5.89 Å². The number of hydrogen-bond donors (Lipinski definition) is 1. The van der Waals surface area contributed by atoms with Gasteiger partial charge >= 0.3 is 0 Å². The molecule has 1 saturated carbocycles. The third-order valence-electron chi connectivity index (χ3n) is 3.53. The molecule has 1 aliphatic carbocycles. The maximum Gasteiger partial charge on any atom is 0.259 e. The average molecular weight is 343 g/mol. The predicted octanol–water partition coefficient (Wildman–Crippen LogP) is 3.88. The van der Waals surface area contributed by atoms with E-state index < -0.39 is 5.54 Å². The summed E-state index contributed by atoms with van der Waals surface area (Å²) in [5.41, 5.74) is 6.59. The molecule has 0 unspecified atom stereocenters. The molecule has 0 atom stereocenters. The number of nitrogens with two attached hydrogens (primary N) is 1. The number of aromatic nitrogens is 2. The Bertz CT molecular complexity index is 608. The van der Waals surface area contributed by atoms with Gasteiger partial charge in [0.05, 0.1) is 16.1 Å². The Morgan fingerprint density at radius 3 is 2.79 bits per heavy atom. The second kappa shape index (κ2) is 4.89. The van der Waals surface area contributed by atoms with Gasteiger partial charge in [0.1, 0.15) is 0 Å². The zero-order valence-corrected chi connectivity index (χ0v) is 12.5. The molecule has 1 fully saturated rings. The zero-order chi connectivity index (χ0) is 13.5. The van der Waals surface area contributed by atoms with Crippen LogP contribution < -0.4 is 5.73 Å². The first kappa shape index (κ1) is 13.1. The predicted molar refractivity (Wildman–Crippen MR) is 76.8 cm³/mol. The summed E-state index contributed by atoms with van der Waals surface area (Å²) in [6, 6.07) is 5.51. The van der Waals surface area contributed by atoms with Gasteiger partial charge in [0, 0.05) is 4.47 Å². The van der Waals surface area contributed by atoms with Crippen LogP contribution in [0.1, 0.15) is 31.5 Å². The van der Waals surface area contributed by atoms with Crippen LogP contribution in [0.5, 0.6) is 0 Å². The molecular formula is C13H13BrClN3O. The van der Waals surface area contributed by atoms with Crippen molar-refractivity contribution in [2.75, 3.05) is 0 Å². The molecule has 0 radical (unpaired) electrons. The van der Waals surface area contributed by atoms with Crippen molar-refractivity contribution in [3.8, 4) is 11.5 Å². The standard InChI is InChI=1S/C13H13BrClN3O/c14-8-3-4-10(15)9(7-8)11-17-12(18-19-11)13(16)5-1-2-6-13/h3-4,7H,1-2,5-6,16H2. The number of rotatable bonds is 2. The van der Waals surface area contributed by atoms with E-state index in [9.17, 15) is 0 Å². The summed E-state index contributed by atoms with van der Waals surface area (Å²) < 4.78 is 6.23. The molecule has 0 saturated heterocycles. The summed E-state index contributed by atoms with van der Waals surface area (Å²) in [5, 5.41) is 4.61. The Balaban J connectivity index is 1.99. The summed E-state index contributed by atoms with van der Waals surface area (Å²) >= 11 is 9.56. The van der Waals surface area contributed by atoms with E-state index in [1.54, 1.807) is 6.07 Å². The molecular weight excluding hydrogens is 330 g/mol. The Kier molecular flexibility index (Phi) is 3.37. The molecule has 0 amide bonds. The first-order chi connectivity index (χ1) is 9.08. The first-order valence-electron chi connectivity index (χ1n) is 6.17. The van der Waals surface area contributed by atoms with Gasteiger partial charge in [0.2, 0.25) is 0 Å². The van der Waals surface area contributed by atoms with Gasteiger partial charge in [-0.25, -0.2) is 0 Å². The van der Waals surface area contributed by atoms with E-state index in [2.05, 4.69) is 26.1 Å². The minimum absolute atomic E-state index is 0.415. The number of nitrogens with zero attached hydrogens (tertiary/aromatic N) is 2. The van der Waals surface area contributed by atoms with Gasteiger partial charge in [0.15, 0.2) is 5.82 Å². The maximum atomic E-state index is 6.31. The Labute approximate surface area is 124 Å². The molecule has 100 valence electrons. The van der Waals surface area contributed by atoms with Crippen molar-refractivity contribution in [1.29, 1.82) is 0 Å². The first-order valence-corrected chi connectivity index (χ1v) is 7.34. The van der Waals surface area contributed by atoms with E-state index in [4.69, 9.17) is 21.9 Å². The molecule has 0 aliphatic heterocycles. The second-order valence-electron chi connectivity index (χ2n) is 4.91. The van der Waals surface area contributed by atoms with Crippen molar-refractivity contribution >= 4 is 27.5 Å². The van der Waals surface area contributed by atoms with E-state index >= 15 is 0 Å². The largest absolute Gasteiger partial charge is 0.334 e. The van der Waals surface area contributed by atoms with Gasteiger partial charge in [-0.15, -0.1) is 0 Å². The third kappa shape index (κ3) is 2.42. The summed E-state index contributed by atoms with van der Waals surface area (Å²) in [6.45, 7) is 0. The number of halogens is 2. The lowest BCUT2D eigenvalue weighted by molar-refractivity contribution is 0.372. The van der Waals surface area contributed by atoms with Gasteiger partial charge < -0.3 is 10.3 Å². The minimum atomic E-state index is -0.444. The van der Waals surface area contributed by atoms with Crippen molar-refractivity contribution in [3.63, 3.8) is 0 Å². The molecule has 1 heterocycles. The lowest BCUT2D eigenvalue weighted by Crippen LogP contribution is -2.34. The van der Waals surface area contributed by atoms with E-state index in [0.29, 0.717) is 16.7 Å². The second-order valence-corrected chi connectivity index (χ2v) is 6.23. The highest BCUT2D eigenvalue weighted by Gasteiger charge is 2.36. The van der Waals surface area contributed by atoms with Crippen molar-refractivity contribution in [3.05, 3.63) is 33.5 Å². The molecule has 0 bridgehead atoms. The average Bonchev–Trinajstić information content (AvgIpc) is 3.02. The van der Waals surface area contributed by atoms with Crippen LogP contribution in [0.4, 0.5) is 0 Å². The highest BCUT2D eigenvalue weighted by Crippen LogP contribution is 2.36. The van der Waals surface area contributed by atoms with Crippen LogP contribution in [0.25, 0.3) is 11.5 Å². The van der Waals surface area contributed by atoms with Crippen LogP contribution >= 0.6 is 27.5 Å². The fourth-order valence-corrected chi connectivity index (χ4v) is 2.99. The monoisotopic (exact) mass is 341 g/mol. The summed E-state index contributed by atoms with van der Waals surface area (Å²) in [5.74, 6) is 0.995. The Morgan fingerprint density at radius 2 is 2.05 bits per heavy atom. The minimum Gasteiger partial charge on any atom is -0.334 e. The lowest BCUT2D eigenvalue weighted by Gasteiger charge is -2.17. The van der Waals surface area contributed by atoms with Crippen LogP contribution in [-0.2, 0) is 5.54 Å². The molecule has 3 rings (SSSR count). The summed E-state index contributed by atoms with van der Waals surface area (Å²) in [7, 11) is 0. The zero-order valence-electron chi connectivity index (χ0n) is 10.2. The van der Waals surface area contributed by atoms with E-state index in [1.807, 2.05) is 12.1 Å². The van der Waals surface area contributed by atoms with Crippen LogP contribution in [0.3, 0.4) is 0 Å². The fraction of sp³-hybridized carbons (Fsp3) is 0.385. The highest BCUT2D eigenvalue weighted by atomic mass is 79.9. The van der Waals surface area contributed by atoms with E-state index in [1.165, 1.54) is 0 Å². The molecule has 6 heteroatoms. The van der Waals surface area contributed by atoms with Gasteiger partial charge in [-0.05, 0) is 31.0 Å². The normalized spacial score (nSPS) is 17.8. The molecule has 1 aromatic heterocycles. The number of hydrogen-bond acceptors (Lipinski definition) is 4. The van der Waals surface area contributed by atoms with Crippen LogP contribution in [0, 0.1) is 0 Å². The van der Waals surface area contributed by atoms with E-state index in [-0.39, 0.29) is 0 Å². The summed E-state index contributed by atoms with van der Waals surface area (Å²) in [4.78, 5) is 4.43. The number of benzene rings is 1. The Hall–Kier alpha value is -0.910. The third-order valence-corrected chi connectivity index (χ3v) is 4.35. The van der Waals surface area contributed by atoms with Crippen LogP contribution in [-0.4, -0.2) is 10.1 Å². The van der Waals surface area contributed by atoms with Crippen molar-refractivity contribution < 1.29 is 4.52 Å². The topological polar surface area (TPSA) is 64.9 Å². The molecule has 0 spiro atoms. The maximum absolute atomic E-state index is 6.31. The van der Waals surface area contributed by atoms with Crippen molar-refractivity contribution in [2.45, 2.75) is 31.2 Å². The molecule has 19 heavy (non-hydrogen) atoms. The van der Waals surface area contributed by atoms with Crippen molar-refractivity contribution in [1.82, 2.24) is 10.1 Å². The highest BCUT2D eigenvalue weighted by molar-refractivity contribution is 9.10. The van der Waals surface area contributed by atoms with Crippen molar-refractivity contribution in [2.24, 2.45) is 5.73 Å². The lowest BCUT2D eigenvalue weighted by atomic mass is 9.99. The molecule has 1 aromatic carbocycles. The van der Waals surface area contributed by atoms with Gasteiger partial charge in [-0.2, -0.15) is 4.98 Å². The molecule has 4 nitrogen and oxygen atoms in total. The Morgan fingerprint density at radius 1 is 1.32 bits per heavy atom. The quantitative estimate of drug-likeness (QED) is 0.899. The van der Waals surface area contributed by atoms with Gasteiger partial charge in [-0.3, -0.25) is 0 Å². The van der Waals surface area contributed by atoms with Crippen LogP contribution in [0.2, 0.25) is 5.02 Å². The molecule has 1 aliphatic rings. The molecule has 2 N–H and O–H groups in total. The van der Waals surface area contributed by atoms with Gasteiger partial charge in [-0.1, -0.05) is 45.5 Å². The summed E-state index contributed by atoms with van der Waals surface area (Å²) in [6.07, 6.45) is 4.02. The van der Waals surface area contributed by atoms with Crippen LogP contribution in [0.15, 0.2) is 27.2 Å². The SMILES string of the molecule is NC1(c2noc(-c3cc(Br)ccc3Cl)n2)CCCC1. The van der Waals surface area contributed by atoms with E-state index in [0.717, 1.165) is 35.7 Å². The smallest absolute Gasteiger partial charge is 0.259 e. The molecule has 2 aromatic rings.